The minimum absolute atomic E-state index is 0.355. The van der Waals surface area contributed by atoms with Crippen molar-refractivity contribution in [2.24, 2.45) is 0 Å². The molecule has 0 heterocycles. The van der Waals surface area contributed by atoms with Gasteiger partial charge in [0.25, 0.3) is 0 Å². The van der Waals surface area contributed by atoms with Gasteiger partial charge in [-0.3, -0.25) is 0 Å². The summed E-state index contributed by atoms with van der Waals surface area (Å²) in [6.07, 6.45) is 0. The molecule has 0 aliphatic heterocycles. The standard InChI is InChI=1S/C18H21FN2O2/c1-13(2)16-8-3-4-9-17(16)23-11-10-20-18(22)21-15-7-5-6-14(19)12-15/h3-9,12-13H,10-11H2,1-2H3,(H2,20,21,22). The Morgan fingerprint density at radius 1 is 1.17 bits per heavy atom. The summed E-state index contributed by atoms with van der Waals surface area (Å²) in [6.45, 7) is 4.92. The first-order valence-corrected chi connectivity index (χ1v) is 7.58. The van der Waals surface area contributed by atoms with Crippen molar-refractivity contribution < 1.29 is 13.9 Å². The third kappa shape index (κ3) is 5.29. The van der Waals surface area contributed by atoms with Gasteiger partial charge in [0.1, 0.15) is 18.2 Å². The maximum absolute atomic E-state index is 13.0. The lowest BCUT2D eigenvalue weighted by Gasteiger charge is -2.14. The zero-order valence-electron chi connectivity index (χ0n) is 13.3. The molecule has 0 radical (unpaired) electrons. The summed E-state index contributed by atoms with van der Waals surface area (Å²) in [5.74, 6) is 0.807. The molecule has 0 spiro atoms. The molecular weight excluding hydrogens is 295 g/mol. The van der Waals surface area contributed by atoms with Crippen LogP contribution in [0.3, 0.4) is 0 Å². The van der Waals surface area contributed by atoms with Crippen molar-refractivity contribution >= 4 is 11.7 Å². The molecule has 0 bridgehead atoms. The van der Waals surface area contributed by atoms with Gasteiger partial charge in [-0.2, -0.15) is 0 Å². The van der Waals surface area contributed by atoms with Crippen LogP contribution < -0.4 is 15.4 Å². The molecule has 0 saturated carbocycles. The molecule has 4 nitrogen and oxygen atoms in total. The first kappa shape index (κ1) is 16.8. The summed E-state index contributed by atoms with van der Waals surface area (Å²) in [6, 6.07) is 13.2. The average molecular weight is 316 g/mol. The van der Waals surface area contributed by atoms with Gasteiger partial charge in [-0.25, -0.2) is 9.18 Å². The average Bonchev–Trinajstić information content (AvgIpc) is 2.52. The van der Waals surface area contributed by atoms with Crippen LogP contribution in [0.4, 0.5) is 14.9 Å². The number of hydrogen-bond acceptors (Lipinski definition) is 2. The fraction of sp³-hybridized carbons (Fsp3) is 0.278. The Balaban J connectivity index is 1.76. The van der Waals surface area contributed by atoms with E-state index in [-0.39, 0.29) is 0 Å². The molecule has 5 heteroatoms. The molecule has 0 atom stereocenters. The van der Waals surface area contributed by atoms with Crippen molar-refractivity contribution in [2.45, 2.75) is 19.8 Å². The Bertz CT molecular complexity index is 659. The molecule has 2 amide bonds. The van der Waals surface area contributed by atoms with Gasteiger partial charge in [0.05, 0.1) is 6.54 Å². The number of para-hydroxylation sites is 1. The largest absolute Gasteiger partial charge is 0.491 e. The monoisotopic (exact) mass is 316 g/mol. The van der Waals surface area contributed by atoms with Crippen LogP contribution in [0.5, 0.6) is 5.75 Å². The highest BCUT2D eigenvalue weighted by atomic mass is 19.1. The summed E-state index contributed by atoms with van der Waals surface area (Å²) in [7, 11) is 0. The minimum atomic E-state index is -0.392. The van der Waals surface area contributed by atoms with E-state index < -0.39 is 11.8 Å². The lowest BCUT2D eigenvalue weighted by Crippen LogP contribution is -2.32. The summed E-state index contributed by atoms with van der Waals surface area (Å²) in [5.41, 5.74) is 1.55. The quantitative estimate of drug-likeness (QED) is 0.787. The summed E-state index contributed by atoms with van der Waals surface area (Å²) in [5, 5.41) is 5.24. The normalized spacial score (nSPS) is 10.4. The molecule has 0 unspecified atom stereocenters. The van der Waals surface area contributed by atoms with Crippen LogP contribution in [0.2, 0.25) is 0 Å². The van der Waals surface area contributed by atoms with E-state index in [1.165, 1.54) is 18.2 Å². The van der Waals surface area contributed by atoms with E-state index in [0.29, 0.717) is 24.8 Å². The van der Waals surface area contributed by atoms with Crippen LogP contribution in [0.25, 0.3) is 0 Å². The Labute approximate surface area is 135 Å². The molecule has 0 aliphatic carbocycles. The van der Waals surface area contributed by atoms with Crippen molar-refractivity contribution in [2.75, 3.05) is 18.5 Å². The van der Waals surface area contributed by atoms with E-state index in [0.717, 1.165) is 11.3 Å². The summed E-state index contributed by atoms with van der Waals surface area (Å²) < 4.78 is 18.7. The lowest BCUT2D eigenvalue weighted by molar-refractivity contribution is 0.247. The molecule has 23 heavy (non-hydrogen) atoms. The fourth-order valence-electron chi connectivity index (χ4n) is 2.16. The molecule has 2 aromatic rings. The maximum Gasteiger partial charge on any atom is 0.319 e. The van der Waals surface area contributed by atoms with E-state index >= 15 is 0 Å². The number of urea groups is 1. The number of amides is 2. The van der Waals surface area contributed by atoms with Crippen molar-refractivity contribution in [3.8, 4) is 5.75 Å². The van der Waals surface area contributed by atoms with Gasteiger partial charge in [-0.15, -0.1) is 0 Å². The predicted octanol–water partition coefficient (Wildman–Crippen LogP) is 4.15. The van der Waals surface area contributed by atoms with Gasteiger partial charge in [0.2, 0.25) is 0 Å². The van der Waals surface area contributed by atoms with Gasteiger partial charge >= 0.3 is 6.03 Å². The number of ether oxygens (including phenoxy) is 1. The molecule has 0 aromatic heterocycles. The van der Waals surface area contributed by atoms with Gasteiger partial charge in [-0.1, -0.05) is 38.1 Å². The van der Waals surface area contributed by atoms with E-state index in [1.54, 1.807) is 6.07 Å². The van der Waals surface area contributed by atoms with Crippen LogP contribution in [0, 0.1) is 5.82 Å². The van der Waals surface area contributed by atoms with Crippen molar-refractivity contribution in [3.63, 3.8) is 0 Å². The fourth-order valence-corrected chi connectivity index (χ4v) is 2.16. The zero-order valence-corrected chi connectivity index (χ0v) is 13.3. The van der Waals surface area contributed by atoms with Gasteiger partial charge in [-0.05, 0) is 35.7 Å². The Hall–Kier alpha value is -2.56. The third-order valence-electron chi connectivity index (χ3n) is 3.27. The highest BCUT2D eigenvalue weighted by Gasteiger charge is 2.07. The van der Waals surface area contributed by atoms with E-state index in [9.17, 15) is 9.18 Å². The molecule has 2 N–H and O–H groups in total. The van der Waals surface area contributed by atoms with E-state index in [2.05, 4.69) is 24.5 Å². The highest BCUT2D eigenvalue weighted by molar-refractivity contribution is 5.89. The van der Waals surface area contributed by atoms with Crippen LogP contribution in [0.1, 0.15) is 25.3 Å². The highest BCUT2D eigenvalue weighted by Crippen LogP contribution is 2.25. The molecule has 0 aliphatic rings. The first-order chi connectivity index (χ1) is 11.1. The molecule has 2 rings (SSSR count). The second kappa shape index (κ2) is 8.17. The molecule has 122 valence electrons. The summed E-state index contributed by atoms with van der Waals surface area (Å²) >= 11 is 0. The number of carbonyl (C=O) groups excluding carboxylic acids is 1. The minimum Gasteiger partial charge on any atom is -0.491 e. The van der Waals surface area contributed by atoms with E-state index in [1.807, 2.05) is 24.3 Å². The smallest absolute Gasteiger partial charge is 0.319 e. The SMILES string of the molecule is CC(C)c1ccccc1OCCNC(=O)Nc1cccc(F)c1. The Morgan fingerprint density at radius 3 is 2.70 bits per heavy atom. The Kier molecular flexibility index (Phi) is 5.97. The number of hydrogen-bond donors (Lipinski definition) is 2. The predicted molar refractivity (Wildman–Crippen MR) is 89.4 cm³/mol. The van der Waals surface area contributed by atoms with Crippen molar-refractivity contribution in [1.82, 2.24) is 5.32 Å². The molecule has 0 fully saturated rings. The van der Waals surface area contributed by atoms with Crippen LogP contribution in [-0.2, 0) is 0 Å². The van der Waals surface area contributed by atoms with Gasteiger partial charge < -0.3 is 15.4 Å². The number of benzene rings is 2. The number of halogens is 1. The molecule has 0 saturated heterocycles. The zero-order chi connectivity index (χ0) is 16.7. The van der Waals surface area contributed by atoms with Crippen molar-refractivity contribution in [1.29, 1.82) is 0 Å². The molecule has 2 aromatic carbocycles. The number of carbonyl (C=O) groups is 1. The lowest BCUT2D eigenvalue weighted by atomic mass is 10.0. The maximum atomic E-state index is 13.0. The Morgan fingerprint density at radius 2 is 1.96 bits per heavy atom. The number of nitrogens with one attached hydrogen (secondary N) is 2. The first-order valence-electron chi connectivity index (χ1n) is 7.58. The van der Waals surface area contributed by atoms with Gasteiger partial charge in [0, 0.05) is 5.69 Å². The van der Waals surface area contributed by atoms with Crippen LogP contribution >= 0.6 is 0 Å². The van der Waals surface area contributed by atoms with Crippen LogP contribution in [-0.4, -0.2) is 19.2 Å². The topological polar surface area (TPSA) is 50.4 Å². The van der Waals surface area contributed by atoms with E-state index in [4.69, 9.17) is 4.74 Å². The summed E-state index contributed by atoms with van der Waals surface area (Å²) in [4.78, 5) is 11.7. The van der Waals surface area contributed by atoms with Gasteiger partial charge in [0.15, 0.2) is 0 Å². The van der Waals surface area contributed by atoms with Crippen molar-refractivity contribution in [3.05, 3.63) is 59.9 Å². The number of rotatable bonds is 6. The third-order valence-corrected chi connectivity index (χ3v) is 3.27. The second-order valence-electron chi connectivity index (χ2n) is 5.43. The second-order valence-corrected chi connectivity index (χ2v) is 5.43. The van der Waals surface area contributed by atoms with Crippen LogP contribution in [0.15, 0.2) is 48.5 Å². The molecular formula is C18H21FN2O2. The number of anilines is 1.